The second-order valence-corrected chi connectivity index (χ2v) is 10.2. The molecule has 4 aromatic rings. The van der Waals surface area contributed by atoms with Gasteiger partial charge in [-0.25, -0.2) is 9.97 Å². The number of amides is 1. The molecule has 0 unspecified atom stereocenters. The van der Waals surface area contributed by atoms with Crippen molar-refractivity contribution < 1.29 is 31.1 Å². The Balaban J connectivity index is 1.28. The Labute approximate surface area is 217 Å². The van der Waals surface area contributed by atoms with E-state index in [4.69, 9.17) is 0 Å². The lowest BCUT2D eigenvalue weighted by atomic mass is 9.96. The number of rotatable bonds is 4. The van der Waals surface area contributed by atoms with Crippen molar-refractivity contribution in [1.29, 1.82) is 0 Å². The van der Waals surface area contributed by atoms with Crippen LogP contribution in [0.15, 0.2) is 42.9 Å². The minimum atomic E-state index is -4.92. The predicted molar refractivity (Wildman–Crippen MR) is 128 cm³/mol. The first-order chi connectivity index (χ1) is 17.9. The van der Waals surface area contributed by atoms with Crippen LogP contribution < -0.4 is 0 Å². The first-order valence-corrected chi connectivity index (χ1v) is 12.5. The van der Waals surface area contributed by atoms with E-state index in [2.05, 4.69) is 15.0 Å². The lowest BCUT2D eigenvalue weighted by Crippen LogP contribution is -2.39. The number of thiazole rings is 1. The largest absolute Gasteiger partial charge is 0.416 e. The molecule has 0 saturated carbocycles. The summed E-state index contributed by atoms with van der Waals surface area (Å²) in [4.78, 5) is 28.1. The summed E-state index contributed by atoms with van der Waals surface area (Å²) in [6.45, 7) is 2.92. The monoisotopic (exact) mass is 553 g/mol. The van der Waals surface area contributed by atoms with Crippen LogP contribution >= 0.6 is 11.3 Å². The molecule has 6 nitrogen and oxygen atoms in total. The second-order valence-electron chi connectivity index (χ2n) is 9.13. The van der Waals surface area contributed by atoms with Gasteiger partial charge in [-0.3, -0.25) is 9.78 Å². The predicted octanol–water partition coefficient (Wildman–Crippen LogP) is 6.31. The summed E-state index contributed by atoms with van der Waals surface area (Å²) in [5, 5.41) is 0.0899. The second kappa shape index (κ2) is 9.68. The van der Waals surface area contributed by atoms with Crippen LogP contribution in [0.2, 0.25) is 0 Å². The molecule has 1 amide bonds. The van der Waals surface area contributed by atoms with Gasteiger partial charge in [-0.1, -0.05) is 0 Å². The maximum atomic E-state index is 13.2. The van der Waals surface area contributed by atoms with Crippen LogP contribution in [0.3, 0.4) is 0 Å². The number of piperidine rings is 1. The molecular weight excluding hydrogens is 532 g/mol. The van der Waals surface area contributed by atoms with Crippen LogP contribution in [0.4, 0.5) is 26.3 Å². The van der Waals surface area contributed by atoms with Crippen molar-refractivity contribution in [3.63, 3.8) is 0 Å². The molecular formula is C25H21F6N5OS. The molecule has 3 aromatic heterocycles. The SMILES string of the molecule is Cc1nc2cnccc2n1CC(=O)N1CCC(c2cnc(-c3cc(C(F)(F)F)cc(C(F)(F)F)c3)s2)CC1. The lowest BCUT2D eigenvalue weighted by Gasteiger charge is -2.31. The summed E-state index contributed by atoms with van der Waals surface area (Å²) in [5.41, 5.74) is -1.44. The Morgan fingerprint density at radius 2 is 1.68 bits per heavy atom. The summed E-state index contributed by atoms with van der Waals surface area (Å²) in [6, 6.07) is 3.29. The van der Waals surface area contributed by atoms with Gasteiger partial charge in [0.15, 0.2) is 0 Å². The first kappa shape index (κ1) is 26.1. The van der Waals surface area contributed by atoms with E-state index in [9.17, 15) is 31.1 Å². The number of likely N-dealkylation sites (tertiary alicyclic amines) is 1. The van der Waals surface area contributed by atoms with Crippen LogP contribution in [-0.4, -0.2) is 43.4 Å². The molecule has 0 aliphatic carbocycles. The van der Waals surface area contributed by atoms with Crippen molar-refractivity contribution in [2.45, 2.75) is 44.6 Å². The maximum absolute atomic E-state index is 13.2. The van der Waals surface area contributed by atoms with Crippen molar-refractivity contribution in [3.8, 4) is 10.6 Å². The van der Waals surface area contributed by atoms with E-state index in [-0.39, 0.29) is 35.0 Å². The van der Waals surface area contributed by atoms with Gasteiger partial charge in [0.2, 0.25) is 5.91 Å². The third-order valence-corrected chi connectivity index (χ3v) is 7.85. The number of nitrogens with zero attached hydrogens (tertiary/aromatic N) is 5. The Kier molecular flexibility index (Phi) is 6.66. The van der Waals surface area contributed by atoms with Crippen molar-refractivity contribution >= 4 is 28.3 Å². The number of halogens is 6. The number of benzene rings is 1. The molecule has 0 spiro atoms. The van der Waals surface area contributed by atoms with Gasteiger partial charge < -0.3 is 9.47 Å². The smallest absolute Gasteiger partial charge is 0.341 e. The fraction of sp³-hybridized carbons (Fsp3) is 0.360. The van der Waals surface area contributed by atoms with E-state index >= 15 is 0 Å². The van der Waals surface area contributed by atoms with Gasteiger partial charge in [0.05, 0.1) is 22.8 Å². The number of carbonyl (C=O) groups excluding carboxylic acids is 1. The molecule has 13 heteroatoms. The van der Waals surface area contributed by atoms with E-state index in [0.29, 0.717) is 49.4 Å². The number of hydrogen-bond acceptors (Lipinski definition) is 5. The minimum Gasteiger partial charge on any atom is -0.341 e. The van der Waals surface area contributed by atoms with Crippen molar-refractivity contribution in [2.75, 3.05) is 13.1 Å². The number of pyridine rings is 1. The topological polar surface area (TPSA) is 63.9 Å². The molecule has 0 bridgehead atoms. The zero-order chi connectivity index (χ0) is 27.2. The Bertz CT molecular complexity index is 1450. The Hall–Kier alpha value is -3.48. The van der Waals surface area contributed by atoms with Crippen LogP contribution in [-0.2, 0) is 23.7 Å². The number of carbonyl (C=O) groups is 1. The molecule has 1 fully saturated rings. The average Bonchev–Trinajstić information content (AvgIpc) is 3.48. The molecule has 38 heavy (non-hydrogen) atoms. The van der Waals surface area contributed by atoms with Gasteiger partial charge in [0, 0.05) is 35.9 Å². The third kappa shape index (κ3) is 5.24. The van der Waals surface area contributed by atoms with Crippen LogP contribution in [0.1, 0.15) is 40.6 Å². The van der Waals surface area contributed by atoms with Gasteiger partial charge in [-0.05, 0) is 49.9 Å². The van der Waals surface area contributed by atoms with Gasteiger partial charge in [0.1, 0.15) is 22.9 Å². The number of aromatic nitrogens is 4. The van der Waals surface area contributed by atoms with E-state index in [1.54, 1.807) is 23.4 Å². The van der Waals surface area contributed by atoms with E-state index in [1.807, 2.05) is 11.5 Å². The molecule has 1 aliphatic heterocycles. The van der Waals surface area contributed by atoms with Gasteiger partial charge in [-0.15, -0.1) is 11.3 Å². The molecule has 1 aromatic carbocycles. The quantitative estimate of drug-likeness (QED) is 0.278. The zero-order valence-corrected chi connectivity index (χ0v) is 20.8. The summed E-state index contributed by atoms with van der Waals surface area (Å²) in [7, 11) is 0. The Morgan fingerprint density at radius 1 is 1.03 bits per heavy atom. The number of fused-ring (bicyclic) bond motifs is 1. The number of imidazole rings is 1. The molecule has 5 rings (SSSR count). The molecule has 4 heterocycles. The molecule has 1 aliphatic rings. The van der Waals surface area contributed by atoms with Gasteiger partial charge in [-0.2, -0.15) is 26.3 Å². The number of hydrogen-bond donors (Lipinski definition) is 0. The van der Waals surface area contributed by atoms with E-state index < -0.39 is 23.5 Å². The molecule has 1 saturated heterocycles. The first-order valence-electron chi connectivity index (χ1n) is 11.7. The van der Waals surface area contributed by atoms with Crippen molar-refractivity contribution in [1.82, 2.24) is 24.4 Å². The van der Waals surface area contributed by atoms with Crippen molar-refractivity contribution in [3.05, 3.63) is 64.7 Å². The normalized spacial score (nSPS) is 15.4. The number of aryl methyl sites for hydroxylation is 1. The fourth-order valence-corrected chi connectivity index (χ4v) is 5.71. The van der Waals surface area contributed by atoms with E-state index in [1.165, 1.54) is 6.20 Å². The molecule has 0 radical (unpaired) electrons. The third-order valence-electron chi connectivity index (χ3n) is 6.64. The average molecular weight is 554 g/mol. The number of alkyl halides is 6. The standard InChI is InChI=1S/C25H21F6N5OS/c1-14-34-19-11-32-5-2-20(19)36(14)13-22(37)35-6-3-15(4-7-35)21-12-33-23(38-21)16-8-17(24(26,27)28)10-18(9-16)25(29,30)31/h2,5,8-12,15H,3-4,6-7,13H2,1H3. The van der Waals surface area contributed by atoms with Gasteiger partial charge >= 0.3 is 12.4 Å². The lowest BCUT2D eigenvalue weighted by molar-refractivity contribution is -0.143. The summed E-state index contributed by atoms with van der Waals surface area (Å²) in [5.74, 6) is 0.646. The molecule has 200 valence electrons. The molecule has 0 atom stereocenters. The Morgan fingerprint density at radius 3 is 2.32 bits per heavy atom. The highest BCUT2D eigenvalue weighted by atomic mass is 32.1. The molecule has 0 N–H and O–H groups in total. The van der Waals surface area contributed by atoms with Crippen molar-refractivity contribution in [2.24, 2.45) is 0 Å². The zero-order valence-electron chi connectivity index (χ0n) is 20.0. The van der Waals surface area contributed by atoms with Crippen LogP contribution in [0, 0.1) is 6.92 Å². The van der Waals surface area contributed by atoms with Crippen LogP contribution in [0.25, 0.3) is 21.6 Å². The highest BCUT2D eigenvalue weighted by Crippen LogP contribution is 2.41. The summed E-state index contributed by atoms with van der Waals surface area (Å²) < 4.78 is 81.3. The van der Waals surface area contributed by atoms with Gasteiger partial charge in [0.25, 0.3) is 0 Å². The fourth-order valence-electron chi connectivity index (χ4n) is 4.64. The summed E-state index contributed by atoms with van der Waals surface area (Å²) >= 11 is 1.08. The highest BCUT2D eigenvalue weighted by molar-refractivity contribution is 7.15. The summed E-state index contributed by atoms with van der Waals surface area (Å²) in [6.07, 6.45) is -3.84. The minimum absolute atomic E-state index is 0.0000657. The maximum Gasteiger partial charge on any atom is 0.416 e. The van der Waals surface area contributed by atoms with Crippen LogP contribution in [0.5, 0.6) is 0 Å². The van der Waals surface area contributed by atoms with E-state index in [0.717, 1.165) is 21.7 Å². The highest BCUT2D eigenvalue weighted by Gasteiger charge is 2.37.